The first-order valence-corrected chi connectivity index (χ1v) is 11.5. The summed E-state index contributed by atoms with van der Waals surface area (Å²) in [4.78, 5) is 16.8. The van der Waals surface area contributed by atoms with E-state index in [1.165, 1.54) is 16.2 Å². The van der Waals surface area contributed by atoms with Crippen molar-refractivity contribution >= 4 is 23.1 Å². The van der Waals surface area contributed by atoms with Crippen LogP contribution in [0.25, 0.3) is 0 Å². The Kier molecular flexibility index (Phi) is 6.51. The van der Waals surface area contributed by atoms with Crippen LogP contribution in [0.3, 0.4) is 0 Å². The number of nitrogens with one attached hydrogen (secondary N) is 1. The molecule has 0 aliphatic carbocycles. The molecule has 2 saturated heterocycles. The smallest absolute Gasteiger partial charge is 0.218 e. The van der Waals surface area contributed by atoms with Crippen LogP contribution in [-0.4, -0.2) is 55.8 Å². The molecule has 0 amide bonds. The Balaban J connectivity index is 1.36. The van der Waals surface area contributed by atoms with Crippen LogP contribution in [0.4, 0.5) is 5.69 Å². The highest BCUT2D eigenvalue weighted by Crippen LogP contribution is 2.24. The number of aromatic nitrogens is 1. The SMILES string of the molecule is Cc1ccc(Cl)cc1N1CC[NH+](CC(=O)c2cc(C)n(C[C@@H]3CCCO3)c2C)CC1. The third-order valence-corrected chi connectivity index (χ3v) is 6.91. The number of nitrogens with zero attached hydrogens (tertiary/aromatic N) is 2. The van der Waals surface area contributed by atoms with Gasteiger partial charge in [-0.15, -0.1) is 0 Å². The fourth-order valence-electron chi connectivity index (χ4n) is 4.84. The van der Waals surface area contributed by atoms with E-state index in [0.717, 1.165) is 74.1 Å². The highest BCUT2D eigenvalue weighted by molar-refractivity contribution is 6.30. The van der Waals surface area contributed by atoms with Crippen molar-refractivity contribution in [2.45, 2.75) is 46.3 Å². The van der Waals surface area contributed by atoms with E-state index in [4.69, 9.17) is 16.3 Å². The van der Waals surface area contributed by atoms with Crippen LogP contribution in [0.15, 0.2) is 24.3 Å². The molecule has 3 heterocycles. The maximum Gasteiger partial charge on any atom is 0.218 e. The lowest BCUT2D eigenvalue weighted by molar-refractivity contribution is -0.892. The van der Waals surface area contributed by atoms with Gasteiger partial charge in [0, 0.05) is 40.8 Å². The molecule has 162 valence electrons. The number of benzene rings is 1. The Labute approximate surface area is 184 Å². The summed E-state index contributed by atoms with van der Waals surface area (Å²) in [7, 11) is 0. The van der Waals surface area contributed by atoms with Gasteiger partial charge in [-0.05, 0) is 57.4 Å². The minimum absolute atomic E-state index is 0.254. The summed E-state index contributed by atoms with van der Waals surface area (Å²) < 4.78 is 8.06. The molecule has 0 spiro atoms. The molecule has 2 aliphatic rings. The molecule has 2 aromatic rings. The maximum absolute atomic E-state index is 13.1. The van der Waals surface area contributed by atoms with Crippen LogP contribution in [0.2, 0.25) is 5.02 Å². The molecule has 0 bridgehead atoms. The second-order valence-electron chi connectivity index (χ2n) is 8.80. The van der Waals surface area contributed by atoms with Crippen LogP contribution in [0.5, 0.6) is 0 Å². The number of Topliss-reactive ketones (excluding diaryl/α,β-unsaturated/α-hetero) is 1. The van der Waals surface area contributed by atoms with E-state index in [1.807, 2.05) is 6.07 Å². The van der Waals surface area contributed by atoms with E-state index >= 15 is 0 Å². The molecule has 1 aromatic heterocycles. The number of piperazine rings is 1. The average molecular weight is 431 g/mol. The number of ether oxygens (including phenoxy) is 1. The van der Waals surface area contributed by atoms with Crippen molar-refractivity contribution in [3.8, 4) is 0 Å². The van der Waals surface area contributed by atoms with Crippen molar-refractivity contribution < 1.29 is 14.4 Å². The van der Waals surface area contributed by atoms with Crippen LogP contribution < -0.4 is 9.80 Å². The fraction of sp³-hybridized carbons (Fsp3) is 0.542. The number of quaternary nitrogens is 1. The van der Waals surface area contributed by atoms with Gasteiger partial charge in [-0.3, -0.25) is 4.79 Å². The van der Waals surface area contributed by atoms with E-state index in [1.54, 1.807) is 0 Å². The first kappa shape index (κ1) is 21.4. The first-order valence-electron chi connectivity index (χ1n) is 11.1. The topological polar surface area (TPSA) is 38.9 Å². The van der Waals surface area contributed by atoms with Gasteiger partial charge < -0.3 is 19.1 Å². The van der Waals surface area contributed by atoms with Crippen LogP contribution in [0.1, 0.15) is 40.2 Å². The quantitative estimate of drug-likeness (QED) is 0.716. The predicted molar refractivity (Wildman–Crippen MR) is 121 cm³/mol. The zero-order chi connectivity index (χ0) is 21.3. The Morgan fingerprint density at radius 2 is 1.97 bits per heavy atom. The van der Waals surface area contributed by atoms with E-state index in [-0.39, 0.29) is 11.9 Å². The summed E-state index contributed by atoms with van der Waals surface area (Å²) in [6.45, 7) is 12.4. The summed E-state index contributed by atoms with van der Waals surface area (Å²) in [6.07, 6.45) is 2.53. The number of hydrogen-bond acceptors (Lipinski definition) is 3. The van der Waals surface area contributed by atoms with Gasteiger partial charge >= 0.3 is 0 Å². The molecule has 0 radical (unpaired) electrons. The molecule has 0 unspecified atom stereocenters. The summed E-state index contributed by atoms with van der Waals surface area (Å²) >= 11 is 6.20. The van der Waals surface area contributed by atoms with Gasteiger partial charge in [-0.25, -0.2) is 0 Å². The lowest BCUT2D eigenvalue weighted by atomic mass is 10.1. The molecule has 1 aromatic carbocycles. The fourth-order valence-corrected chi connectivity index (χ4v) is 5.01. The van der Waals surface area contributed by atoms with Gasteiger partial charge in [-0.1, -0.05) is 17.7 Å². The lowest BCUT2D eigenvalue weighted by Crippen LogP contribution is -3.15. The molecule has 6 heteroatoms. The maximum atomic E-state index is 13.1. The Morgan fingerprint density at radius 3 is 2.67 bits per heavy atom. The molecule has 1 atom stereocenters. The third-order valence-electron chi connectivity index (χ3n) is 6.68. The number of aryl methyl sites for hydroxylation is 2. The molecular weight excluding hydrogens is 398 g/mol. The highest BCUT2D eigenvalue weighted by atomic mass is 35.5. The molecule has 2 fully saturated rings. The largest absolute Gasteiger partial charge is 0.376 e. The van der Waals surface area contributed by atoms with Gasteiger partial charge in [-0.2, -0.15) is 0 Å². The molecule has 0 saturated carbocycles. The van der Waals surface area contributed by atoms with Gasteiger partial charge in [0.1, 0.15) is 6.54 Å². The number of carbonyl (C=O) groups excluding carboxylic acids is 1. The number of anilines is 1. The molecule has 2 aliphatic heterocycles. The zero-order valence-corrected chi connectivity index (χ0v) is 19.1. The number of ketones is 1. The van der Waals surface area contributed by atoms with Crippen molar-refractivity contribution in [3.63, 3.8) is 0 Å². The van der Waals surface area contributed by atoms with E-state index in [9.17, 15) is 4.79 Å². The standard InChI is InChI=1S/C24H32ClN3O2/c1-17-6-7-20(25)14-23(17)27-10-8-26(9-11-27)16-24(29)22-13-18(2)28(19(22)3)15-21-5-4-12-30-21/h6-7,13-14,21H,4-5,8-12,15-16H2,1-3H3/p+1/t21-/m0/s1. The summed E-state index contributed by atoms with van der Waals surface area (Å²) in [5.41, 5.74) is 5.58. The average Bonchev–Trinajstić information content (AvgIpc) is 3.34. The van der Waals surface area contributed by atoms with Crippen LogP contribution >= 0.6 is 11.6 Å². The van der Waals surface area contributed by atoms with Gasteiger partial charge in [0.25, 0.3) is 0 Å². The Hall–Kier alpha value is -1.82. The Morgan fingerprint density at radius 1 is 1.20 bits per heavy atom. The Bertz CT molecular complexity index is 909. The second kappa shape index (κ2) is 9.13. The monoisotopic (exact) mass is 430 g/mol. The van der Waals surface area contributed by atoms with Crippen LogP contribution in [0, 0.1) is 20.8 Å². The normalized spacial score (nSPS) is 20.1. The molecule has 1 N–H and O–H groups in total. The van der Waals surface area contributed by atoms with Crippen molar-refractivity contribution in [2.75, 3.05) is 44.2 Å². The van der Waals surface area contributed by atoms with Gasteiger partial charge in [0.2, 0.25) is 5.78 Å². The molecule has 4 rings (SSSR count). The number of carbonyl (C=O) groups is 1. The number of rotatable bonds is 6. The lowest BCUT2D eigenvalue weighted by Gasteiger charge is -2.34. The summed E-state index contributed by atoms with van der Waals surface area (Å²) in [6, 6.07) is 8.14. The second-order valence-corrected chi connectivity index (χ2v) is 9.23. The van der Waals surface area contributed by atoms with Crippen molar-refractivity contribution in [3.05, 3.63) is 51.8 Å². The summed E-state index contributed by atoms with van der Waals surface area (Å²) in [5.74, 6) is 0.254. The third kappa shape index (κ3) is 4.58. The van der Waals surface area contributed by atoms with E-state index < -0.39 is 0 Å². The number of halogens is 1. The van der Waals surface area contributed by atoms with Crippen LogP contribution in [-0.2, 0) is 11.3 Å². The summed E-state index contributed by atoms with van der Waals surface area (Å²) in [5, 5.41) is 0.777. The minimum atomic E-state index is 0.254. The van der Waals surface area contributed by atoms with Crippen molar-refractivity contribution in [1.82, 2.24) is 4.57 Å². The predicted octanol–water partition coefficient (Wildman–Crippen LogP) is 2.83. The van der Waals surface area contributed by atoms with Crippen molar-refractivity contribution in [1.29, 1.82) is 0 Å². The molecule has 5 nitrogen and oxygen atoms in total. The molecule has 30 heavy (non-hydrogen) atoms. The number of hydrogen-bond donors (Lipinski definition) is 1. The first-order chi connectivity index (χ1) is 14.4. The van der Waals surface area contributed by atoms with Gasteiger partial charge in [0.05, 0.1) is 32.3 Å². The van der Waals surface area contributed by atoms with Gasteiger partial charge in [0.15, 0.2) is 0 Å². The van der Waals surface area contributed by atoms with Crippen molar-refractivity contribution in [2.24, 2.45) is 0 Å². The highest BCUT2D eigenvalue weighted by Gasteiger charge is 2.26. The van der Waals surface area contributed by atoms with E-state index in [0.29, 0.717) is 6.54 Å². The molecular formula is C24H33ClN3O2+. The van der Waals surface area contributed by atoms with E-state index in [2.05, 4.69) is 48.4 Å². The zero-order valence-electron chi connectivity index (χ0n) is 18.3. The minimum Gasteiger partial charge on any atom is -0.376 e.